The molecule has 0 atom stereocenters. The molecule has 0 spiro atoms. The van der Waals surface area contributed by atoms with Gasteiger partial charge in [0, 0.05) is 19.7 Å². The van der Waals surface area contributed by atoms with Crippen molar-refractivity contribution in [2.45, 2.75) is 24.7 Å². The molecule has 0 bridgehead atoms. The van der Waals surface area contributed by atoms with Crippen LogP contribution in [0.3, 0.4) is 0 Å². The van der Waals surface area contributed by atoms with Crippen molar-refractivity contribution in [2.24, 2.45) is 5.73 Å². The lowest BCUT2D eigenvalue weighted by molar-refractivity contribution is 0.136. The number of benzene rings is 1. The summed E-state index contributed by atoms with van der Waals surface area (Å²) in [7, 11) is -3.50. The number of sulfonamides is 1. The number of rotatable bonds is 11. The standard InChI is InChI=1S/C14H24N2O4S/c1-2-3-10-19-12-9-16-21(17,18)14-6-4-13(5-7-14)20-11-8-15/h4-7,16H,2-3,8-12,15H2,1H3. The molecule has 6 nitrogen and oxygen atoms in total. The highest BCUT2D eigenvalue weighted by Gasteiger charge is 2.13. The van der Waals surface area contributed by atoms with Gasteiger partial charge in [-0.25, -0.2) is 13.1 Å². The maximum Gasteiger partial charge on any atom is 0.240 e. The van der Waals surface area contributed by atoms with Crippen LogP contribution in [0.5, 0.6) is 5.75 Å². The van der Waals surface area contributed by atoms with E-state index in [9.17, 15) is 8.42 Å². The van der Waals surface area contributed by atoms with Gasteiger partial charge in [-0.15, -0.1) is 0 Å². The third-order valence-electron chi connectivity index (χ3n) is 2.70. The molecule has 0 fully saturated rings. The molecule has 1 aromatic carbocycles. The molecule has 0 aromatic heterocycles. The fourth-order valence-electron chi connectivity index (χ4n) is 1.57. The highest BCUT2D eigenvalue weighted by atomic mass is 32.2. The van der Waals surface area contributed by atoms with Crippen molar-refractivity contribution >= 4 is 10.0 Å². The summed E-state index contributed by atoms with van der Waals surface area (Å²) in [6.45, 7) is 4.19. The summed E-state index contributed by atoms with van der Waals surface area (Å²) < 4.78 is 37.1. The molecular weight excluding hydrogens is 292 g/mol. The molecule has 0 amide bonds. The van der Waals surface area contributed by atoms with E-state index in [0.29, 0.717) is 32.1 Å². The lowest BCUT2D eigenvalue weighted by atomic mass is 10.3. The van der Waals surface area contributed by atoms with Crippen LogP contribution in [0, 0.1) is 0 Å². The van der Waals surface area contributed by atoms with Crippen molar-refractivity contribution in [1.82, 2.24) is 4.72 Å². The number of unbranched alkanes of at least 4 members (excludes halogenated alkanes) is 1. The third-order valence-corrected chi connectivity index (χ3v) is 4.18. The molecule has 7 heteroatoms. The monoisotopic (exact) mass is 316 g/mol. The van der Waals surface area contributed by atoms with E-state index in [4.69, 9.17) is 15.2 Å². The first kappa shape index (κ1) is 17.9. The summed E-state index contributed by atoms with van der Waals surface area (Å²) >= 11 is 0. The number of hydrogen-bond donors (Lipinski definition) is 2. The fraction of sp³-hybridized carbons (Fsp3) is 0.571. The normalized spacial score (nSPS) is 11.5. The van der Waals surface area contributed by atoms with E-state index in [2.05, 4.69) is 11.6 Å². The highest BCUT2D eigenvalue weighted by Crippen LogP contribution is 2.15. The van der Waals surface area contributed by atoms with Crippen LogP contribution in [0.25, 0.3) is 0 Å². The number of hydrogen-bond acceptors (Lipinski definition) is 5. The maximum absolute atomic E-state index is 12.0. The third kappa shape index (κ3) is 6.90. The molecule has 120 valence electrons. The van der Waals surface area contributed by atoms with Crippen LogP contribution in [0.2, 0.25) is 0 Å². The minimum Gasteiger partial charge on any atom is -0.492 e. The molecule has 1 aromatic rings. The van der Waals surface area contributed by atoms with Crippen molar-refractivity contribution in [3.8, 4) is 5.75 Å². The van der Waals surface area contributed by atoms with Crippen molar-refractivity contribution in [3.63, 3.8) is 0 Å². The van der Waals surface area contributed by atoms with Gasteiger partial charge in [-0.1, -0.05) is 13.3 Å². The smallest absolute Gasteiger partial charge is 0.240 e. The minimum absolute atomic E-state index is 0.205. The van der Waals surface area contributed by atoms with Crippen molar-refractivity contribution < 1.29 is 17.9 Å². The van der Waals surface area contributed by atoms with Gasteiger partial charge in [-0.05, 0) is 30.7 Å². The quantitative estimate of drug-likeness (QED) is 0.597. The van der Waals surface area contributed by atoms with Gasteiger partial charge >= 0.3 is 0 Å². The summed E-state index contributed by atoms with van der Waals surface area (Å²) in [5, 5.41) is 0. The second-order valence-electron chi connectivity index (χ2n) is 4.47. The van der Waals surface area contributed by atoms with Gasteiger partial charge in [0.15, 0.2) is 0 Å². The first-order chi connectivity index (χ1) is 10.1. The van der Waals surface area contributed by atoms with Crippen LogP contribution in [0.1, 0.15) is 19.8 Å². The zero-order valence-corrected chi connectivity index (χ0v) is 13.2. The Morgan fingerprint density at radius 2 is 1.86 bits per heavy atom. The SMILES string of the molecule is CCCCOCCNS(=O)(=O)c1ccc(OCCN)cc1. The maximum atomic E-state index is 12.0. The molecule has 0 saturated heterocycles. The topological polar surface area (TPSA) is 90.6 Å². The lowest BCUT2D eigenvalue weighted by Crippen LogP contribution is -2.27. The van der Waals surface area contributed by atoms with E-state index in [1.165, 1.54) is 12.1 Å². The summed E-state index contributed by atoms with van der Waals surface area (Å²) in [6.07, 6.45) is 2.04. The Kier molecular flexibility index (Phi) is 8.29. The van der Waals surface area contributed by atoms with E-state index in [1.54, 1.807) is 12.1 Å². The van der Waals surface area contributed by atoms with Gasteiger partial charge in [0.1, 0.15) is 12.4 Å². The molecule has 0 aliphatic rings. The molecule has 0 aliphatic heterocycles. The van der Waals surface area contributed by atoms with E-state index in [0.717, 1.165) is 12.8 Å². The van der Waals surface area contributed by atoms with Gasteiger partial charge < -0.3 is 15.2 Å². The molecule has 0 heterocycles. The molecule has 0 unspecified atom stereocenters. The molecule has 3 N–H and O–H groups in total. The van der Waals surface area contributed by atoms with Crippen LogP contribution >= 0.6 is 0 Å². The second kappa shape index (κ2) is 9.73. The Balaban J connectivity index is 2.42. The Bertz CT molecular complexity index is 488. The van der Waals surface area contributed by atoms with Gasteiger partial charge in [-0.3, -0.25) is 0 Å². The Labute approximate surface area is 126 Å². The average Bonchev–Trinajstić information content (AvgIpc) is 2.49. The predicted molar refractivity (Wildman–Crippen MR) is 81.9 cm³/mol. The van der Waals surface area contributed by atoms with Gasteiger partial charge in [0.05, 0.1) is 11.5 Å². The fourth-order valence-corrected chi connectivity index (χ4v) is 2.58. The summed E-state index contributed by atoms with van der Waals surface area (Å²) in [5.74, 6) is 0.599. The molecule has 0 saturated carbocycles. The summed E-state index contributed by atoms with van der Waals surface area (Å²) in [4.78, 5) is 0.205. The lowest BCUT2D eigenvalue weighted by Gasteiger charge is -2.09. The Hall–Kier alpha value is -1.15. The van der Waals surface area contributed by atoms with E-state index >= 15 is 0 Å². The predicted octanol–water partition coefficient (Wildman–Crippen LogP) is 1.12. The van der Waals surface area contributed by atoms with E-state index in [-0.39, 0.29) is 11.4 Å². The van der Waals surface area contributed by atoms with Crippen molar-refractivity contribution in [1.29, 1.82) is 0 Å². The zero-order valence-electron chi connectivity index (χ0n) is 12.4. The minimum atomic E-state index is -3.50. The van der Waals surface area contributed by atoms with Crippen LogP contribution in [-0.2, 0) is 14.8 Å². The van der Waals surface area contributed by atoms with Crippen LogP contribution in [-0.4, -0.2) is 41.3 Å². The van der Waals surface area contributed by atoms with Crippen molar-refractivity contribution in [2.75, 3.05) is 32.9 Å². The number of nitrogens with one attached hydrogen (secondary N) is 1. The molecular formula is C14H24N2O4S. The first-order valence-electron chi connectivity index (χ1n) is 7.10. The highest BCUT2D eigenvalue weighted by molar-refractivity contribution is 7.89. The molecule has 0 radical (unpaired) electrons. The molecule has 1 rings (SSSR count). The Morgan fingerprint density at radius 1 is 1.14 bits per heavy atom. The summed E-state index contributed by atoms with van der Waals surface area (Å²) in [5.41, 5.74) is 5.33. The van der Waals surface area contributed by atoms with Gasteiger partial charge in [-0.2, -0.15) is 0 Å². The Morgan fingerprint density at radius 3 is 2.48 bits per heavy atom. The van der Waals surface area contributed by atoms with Crippen LogP contribution in [0.15, 0.2) is 29.2 Å². The van der Waals surface area contributed by atoms with E-state index in [1.807, 2.05) is 0 Å². The second-order valence-corrected chi connectivity index (χ2v) is 6.24. The van der Waals surface area contributed by atoms with Gasteiger partial charge in [0.25, 0.3) is 0 Å². The van der Waals surface area contributed by atoms with Crippen LogP contribution < -0.4 is 15.2 Å². The van der Waals surface area contributed by atoms with Crippen LogP contribution in [0.4, 0.5) is 0 Å². The first-order valence-corrected chi connectivity index (χ1v) is 8.59. The van der Waals surface area contributed by atoms with Gasteiger partial charge in [0.2, 0.25) is 10.0 Å². The molecule has 21 heavy (non-hydrogen) atoms. The number of ether oxygens (including phenoxy) is 2. The zero-order chi connectivity index (χ0) is 15.6. The van der Waals surface area contributed by atoms with Crippen molar-refractivity contribution in [3.05, 3.63) is 24.3 Å². The number of nitrogens with two attached hydrogens (primary N) is 1. The van der Waals surface area contributed by atoms with E-state index < -0.39 is 10.0 Å². The largest absolute Gasteiger partial charge is 0.492 e. The molecule has 0 aliphatic carbocycles. The average molecular weight is 316 g/mol. The summed E-state index contributed by atoms with van der Waals surface area (Å²) in [6, 6.07) is 6.24.